The van der Waals surface area contributed by atoms with E-state index < -0.39 is 114 Å². The Morgan fingerprint density at radius 2 is 0.696 bits per heavy atom. The summed E-state index contributed by atoms with van der Waals surface area (Å²) in [6.07, 6.45) is -2.12. The van der Waals surface area contributed by atoms with Crippen molar-refractivity contribution in [3.63, 3.8) is 0 Å². The number of aldehydes is 1. The first-order valence-corrected chi connectivity index (χ1v) is 52.4. The zero-order valence-corrected chi connectivity index (χ0v) is 87.0. The summed E-state index contributed by atoms with van der Waals surface area (Å²) >= 11 is 13.0. The van der Waals surface area contributed by atoms with Gasteiger partial charge in [0.15, 0.2) is 0 Å². The first kappa shape index (κ1) is 123. The number of hydrogen-bond acceptors (Lipinski definition) is 18. The number of aryl methyl sites for hydroxylation is 6. The number of ether oxygens (including phenoxy) is 2. The molecule has 0 unspecified atom stereocenters. The van der Waals surface area contributed by atoms with Gasteiger partial charge in [0.05, 0.1) is 5.34 Å². The average Bonchev–Trinajstić information content (AvgIpc) is 1.62. The number of benzene rings is 3. The molecule has 5 amide bonds. The number of aliphatic imine (C=N–C) groups is 3. The predicted molar refractivity (Wildman–Crippen MR) is 524 cm³/mol. The van der Waals surface area contributed by atoms with Crippen LogP contribution in [-0.4, -0.2) is 210 Å². The van der Waals surface area contributed by atoms with Crippen molar-refractivity contribution in [2.45, 2.75) is 328 Å². The Morgan fingerprint density at radius 1 is 0.457 bits per heavy atom. The van der Waals surface area contributed by atoms with Gasteiger partial charge >= 0.3 is 36.9 Å². The molecule has 4 N–H and O–H groups in total. The molecule has 26 nitrogen and oxygen atoms in total. The molecule has 0 aliphatic carbocycles. The molecule has 0 aromatic heterocycles. The van der Waals surface area contributed by atoms with E-state index in [0.29, 0.717) is 87.4 Å². The summed E-state index contributed by atoms with van der Waals surface area (Å²) in [4.78, 5) is 88.0. The Bertz CT molecular complexity index is 5010. The number of carbonyl (C=O) groups is 6. The highest BCUT2D eigenvalue weighted by molar-refractivity contribution is 9.10. The average molecular weight is 2130 g/mol. The predicted octanol–water partition coefficient (Wildman–Crippen LogP) is 22.8. The molecular formula is C94H137BrCl2F12N12O14S3. The van der Waals surface area contributed by atoms with Crippen molar-refractivity contribution in [3.8, 4) is 0 Å². The van der Waals surface area contributed by atoms with Gasteiger partial charge in [0.1, 0.15) is 45.3 Å². The van der Waals surface area contributed by atoms with E-state index in [1.54, 1.807) is 59.2 Å². The first-order valence-electron chi connectivity index (χ1n) is 46.0. The molecule has 6 heterocycles. The van der Waals surface area contributed by atoms with Gasteiger partial charge in [-0.15, -0.1) is 23.2 Å². The van der Waals surface area contributed by atoms with Crippen LogP contribution in [0.5, 0.6) is 0 Å². The standard InChI is InChI=1S/C32H47F3N4O5S.C27H39F3N4O3S.C18H28F3N3O3S.C14H20BrNO2.C2HF3O.CH2Cl2/c1-23-21-25(38(6)29(41)44-30(3,4)5)22-24(2)26(23)14-20-45(42,43)39-18-16-31(17-19-39)28(40)36-27(37-31)13-11-9-7-8-10-12-15-32(33,34)35;1-20-18-22(31-3)19-21(2)23(20)11-17-38(36,37)34-15-13-26(14-16-34)25(35)32-24(33-26)10-8-6-4-5-7-9-12-27(28,29)30;1-2-28(26,27)24-13-11-17(12-14-24)16(25)22-15(23-17)9-7-5-3-4-6-8-10-18(19,20)21;1-9-7-11(8-10(2)12(9)15)16(6)13(17)18-14(3,4)5;3-2(4,5)1-6;2-1-3/h14,20-22H,7-13,15-19H2,1-6H3,(H,36,37,40);11,17-19,31H,4-10,12-16H2,1-3H3,(H,32,33,35);2H,1,3-14H2,(H,22,23,25);7-8H,1-6H3;1H;1H2/b20-14+;17-11+;;;;. The molecule has 6 aliphatic heterocycles. The van der Waals surface area contributed by atoms with E-state index in [2.05, 4.69) is 58.8 Å². The number of sulfonamides is 3. The molecule has 6 aliphatic rings. The monoisotopic (exact) mass is 2130 g/mol. The van der Waals surface area contributed by atoms with E-state index in [-0.39, 0.29) is 101 Å². The molecule has 0 saturated carbocycles. The normalized spacial score (nSPS) is 16.9. The highest BCUT2D eigenvalue weighted by Crippen LogP contribution is 2.39. The third-order valence-corrected chi connectivity index (χ3v) is 29.2. The lowest BCUT2D eigenvalue weighted by molar-refractivity contribution is -0.156. The fourth-order valence-electron chi connectivity index (χ4n) is 15.8. The van der Waals surface area contributed by atoms with Gasteiger partial charge in [-0.1, -0.05) is 99.6 Å². The largest absolute Gasteiger partial charge is 0.446 e. The molecule has 9 rings (SSSR count). The summed E-state index contributed by atoms with van der Waals surface area (Å²) < 4.78 is 233. The number of nitrogens with zero attached hydrogens (tertiary/aromatic N) is 8. The lowest BCUT2D eigenvalue weighted by atomic mass is 9.89. The van der Waals surface area contributed by atoms with E-state index in [9.17, 15) is 102 Å². The summed E-state index contributed by atoms with van der Waals surface area (Å²) in [5.74, 6) is 1.29. The van der Waals surface area contributed by atoms with Gasteiger partial charge in [0.2, 0.25) is 36.4 Å². The number of anilines is 3. The zero-order chi connectivity index (χ0) is 104. The van der Waals surface area contributed by atoms with Gasteiger partial charge in [0.25, 0.3) is 17.7 Å². The van der Waals surface area contributed by atoms with Gasteiger partial charge in [-0.2, -0.15) is 65.6 Å². The second-order valence-corrected chi connectivity index (χ2v) is 44.1. The maximum atomic E-state index is 13.2. The minimum atomic E-state index is -4.64. The summed E-state index contributed by atoms with van der Waals surface area (Å²) in [7, 11) is -5.71. The quantitative estimate of drug-likeness (QED) is 0.0184. The summed E-state index contributed by atoms with van der Waals surface area (Å²) in [5.41, 5.74) is 5.92. The Labute approximate surface area is 824 Å². The van der Waals surface area contributed by atoms with Gasteiger partial charge in [0, 0.05) is 137 Å². The highest BCUT2D eigenvalue weighted by atomic mass is 79.9. The number of unbranched alkanes of at least 4 members (excludes halogenated alkanes) is 15. The smallest absolute Gasteiger partial charge is 0.443 e. The second kappa shape index (κ2) is 54.6. The summed E-state index contributed by atoms with van der Waals surface area (Å²) in [6, 6.07) is 11.5. The number of amidine groups is 3. The molecule has 44 heteroatoms. The SMILES string of the molecule is C=CS(=O)(=O)N1CCC2(CC1)N=C(CCCCCCCCC(F)(F)F)NC2=O.CNc1cc(C)c(/C=C/S(=O)(=O)N2CCC3(CC2)N=C(CCCCCCCCC(F)(F)F)NC3=O)c(C)c1.Cc1cc(N(C)C(=O)OC(C)(C)C)cc(C)c1/C=C/S(=O)(=O)N1CCC2(CC1)N=C(CCCCCCCCC(F)(F)F)NC2=O.Cc1cc(N(C)C(=O)OC(C)(C)C)cc(C)c1Br.ClCCl.O=CC(F)(F)F. The van der Waals surface area contributed by atoms with Gasteiger partial charge in [-0.25, -0.2) is 34.8 Å². The lowest BCUT2D eigenvalue weighted by Gasteiger charge is -2.34. The number of alkyl halides is 14. The van der Waals surface area contributed by atoms with Crippen LogP contribution in [0, 0.1) is 41.5 Å². The van der Waals surface area contributed by atoms with Crippen LogP contribution < -0.4 is 31.1 Å². The number of hydrogen-bond donors (Lipinski definition) is 4. The number of rotatable bonds is 35. The van der Waals surface area contributed by atoms with Crippen molar-refractivity contribution in [3.05, 3.63) is 108 Å². The third-order valence-electron chi connectivity index (χ3n) is 23.3. The Balaban J connectivity index is 0.000000387. The maximum Gasteiger partial charge on any atom is 0.446 e. The molecular weight excluding hydrogens is 2000 g/mol. The molecule has 0 bridgehead atoms. The maximum absolute atomic E-state index is 13.2. The minimum absolute atomic E-state index is 0.152. The summed E-state index contributed by atoms with van der Waals surface area (Å²) in [5, 5.41) is 15.2. The van der Waals surface area contributed by atoms with Crippen molar-refractivity contribution < 1.29 is 116 Å². The van der Waals surface area contributed by atoms with Crippen LogP contribution in [0.3, 0.4) is 0 Å². The van der Waals surface area contributed by atoms with Crippen molar-refractivity contribution in [2.75, 3.05) is 80.9 Å². The van der Waals surface area contributed by atoms with E-state index >= 15 is 0 Å². The number of amides is 5. The molecule has 3 aromatic rings. The summed E-state index contributed by atoms with van der Waals surface area (Å²) in [6.45, 7) is 27.1. The van der Waals surface area contributed by atoms with Gasteiger partial charge in [-0.05, 0) is 253 Å². The molecule has 138 heavy (non-hydrogen) atoms. The highest BCUT2D eigenvalue weighted by Gasteiger charge is 2.50. The Kier molecular flexibility index (Phi) is 48.5. The van der Waals surface area contributed by atoms with Gasteiger partial charge in [-0.3, -0.25) is 44.0 Å². The van der Waals surface area contributed by atoms with Crippen molar-refractivity contribution in [1.82, 2.24) is 28.9 Å². The lowest BCUT2D eigenvalue weighted by Crippen LogP contribution is -2.50. The molecule has 3 fully saturated rings. The molecule has 780 valence electrons. The van der Waals surface area contributed by atoms with E-state index in [4.69, 9.17) is 37.5 Å². The van der Waals surface area contributed by atoms with Crippen LogP contribution in [0.2, 0.25) is 0 Å². The minimum Gasteiger partial charge on any atom is -0.443 e. The van der Waals surface area contributed by atoms with Crippen molar-refractivity contribution in [1.29, 1.82) is 0 Å². The van der Waals surface area contributed by atoms with Crippen molar-refractivity contribution in [2.24, 2.45) is 15.0 Å². The molecule has 0 atom stereocenters. The number of carbonyl (C=O) groups excluding carboxylic acids is 6. The van der Waals surface area contributed by atoms with E-state index in [1.165, 1.54) is 33.5 Å². The number of nitrogens with one attached hydrogen (secondary N) is 4. The topological polar surface area (TPSA) is 325 Å². The van der Waals surface area contributed by atoms with Crippen LogP contribution in [-0.2, 0) is 58.7 Å². The number of halogens is 15. The van der Waals surface area contributed by atoms with Gasteiger partial charge < -0.3 is 30.7 Å². The fourth-order valence-corrected chi connectivity index (χ4v) is 19.3. The van der Waals surface area contributed by atoms with Crippen LogP contribution in [0.4, 0.5) is 79.3 Å². The number of piperidine rings is 3. The molecule has 3 spiro atoms. The second-order valence-electron chi connectivity index (χ2n) is 36.9. The Morgan fingerprint density at radius 3 is 0.935 bits per heavy atom. The molecule has 3 aromatic carbocycles. The first-order chi connectivity index (χ1) is 63.8. The Hall–Kier alpha value is -7.74. The molecule has 3 saturated heterocycles. The van der Waals surface area contributed by atoms with Crippen LogP contribution >= 0.6 is 39.1 Å². The van der Waals surface area contributed by atoms with E-state index in [0.717, 1.165) is 143 Å². The van der Waals surface area contributed by atoms with E-state index in [1.807, 2.05) is 93.6 Å². The van der Waals surface area contributed by atoms with Crippen LogP contribution in [0.15, 0.2) is 78.7 Å². The fraction of sp³-hybridized carbons (Fsp3) is 0.649. The third kappa shape index (κ3) is 42.4. The zero-order valence-electron chi connectivity index (χ0n) is 81.5. The van der Waals surface area contributed by atoms with Crippen molar-refractivity contribution >= 4 is 152 Å². The van der Waals surface area contributed by atoms with Crippen LogP contribution in [0.1, 0.15) is 279 Å². The molecule has 0 radical (unpaired) electrons. The van der Waals surface area contributed by atoms with Crippen LogP contribution in [0.25, 0.3) is 12.2 Å².